The van der Waals surface area contributed by atoms with Crippen molar-refractivity contribution in [3.63, 3.8) is 0 Å². The van der Waals surface area contributed by atoms with Crippen LogP contribution in [0.15, 0.2) is 5.16 Å². The number of aromatic nitrogens is 3. The van der Waals surface area contributed by atoms with Crippen LogP contribution in [0.2, 0.25) is 0 Å². The molecule has 0 atom stereocenters. The Balaban J connectivity index is 2.75. The highest BCUT2D eigenvalue weighted by Gasteiger charge is 2.09. The van der Waals surface area contributed by atoms with Gasteiger partial charge in [0.05, 0.1) is 12.5 Å². The summed E-state index contributed by atoms with van der Waals surface area (Å²) in [6.07, 6.45) is 1.05. The van der Waals surface area contributed by atoms with Crippen LogP contribution in [-0.4, -0.2) is 27.8 Å². The van der Waals surface area contributed by atoms with E-state index in [4.69, 9.17) is 10.5 Å². The summed E-state index contributed by atoms with van der Waals surface area (Å²) >= 11 is 1.53. The third-order valence-electron chi connectivity index (χ3n) is 1.73. The summed E-state index contributed by atoms with van der Waals surface area (Å²) in [5.41, 5.74) is 5.56. The van der Waals surface area contributed by atoms with Crippen molar-refractivity contribution in [2.75, 3.05) is 13.0 Å². The Bertz CT molecular complexity index is 276. The van der Waals surface area contributed by atoms with E-state index >= 15 is 0 Å². The van der Waals surface area contributed by atoms with Gasteiger partial charge in [0.1, 0.15) is 5.82 Å². The first kappa shape index (κ1) is 11.5. The van der Waals surface area contributed by atoms with Gasteiger partial charge in [-0.05, 0) is 6.42 Å². The van der Waals surface area contributed by atoms with Crippen LogP contribution in [0.1, 0.15) is 19.2 Å². The molecule has 6 heteroatoms. The number of ether oxygens (including phenoxy) is 1. The summed E-state index contributed by atoms with van der Waals surface area (Å²) in [5.74, 6) is 1.43. The molecule has 0 bridgehead atoms. The fourth-order valence-corrected chi connectivity index (χ4v) is 1.81. The van der Waals surface area contributed by atoms with Crippen molar-refractivity contribution in [3.8, 4) is 0 Å². The number of hydrogen-bond donors (Lipinski definition) is 1. The maximum Gasteiger partial charge on any atom is 0.193 e. The molecule has 14 heavy (non-hydrogen) atoms. The van der Waals surface area contributed by atoms with E-state index in [2.05, 4.69) is 17.1 Å². The summed E-state index contributed by atoms with van der Waals surface area (Å²) in [4.78, 5) is 0. The quantitative estimate of drug-likeness (QED) is 0.564. The second-order valence-corrected chi connectivity index (χ2v) is 3.69. The average Bonchev–Trinajstić information content (AvgIpc) is 2.58. The molecule has 0 aromatic carbocycles. The highest BCUT2D eigenvalue weighted by molar-refractivity contribution is 7.99. The molecular weight excluding hydrogens is 200 g/mol. The number of nitrogens with two attached hydrogens (primary N) is 1. The van der Waals surface area contributed by atoms with Crippen molar-refractivity contribution < 1.29 is 4.74 Å². The van der Waals surface area contributed by atoms with Crippen molar-refractivity contribution in [3.05, 3.63) is 5.82 Å². The van der Waals surface area contributed by atoms with Crippen LogP contribution in [0.4, 0.5) is 0 Å². The maximum atomic E-state index is 5.56. The molecule has 1 heterocycles. The lowest BCUT2D eigenvalue weighted by molar-refractivity contribution is 0.258. The minimum absolute atomic E-state index is 0.431. The lowest BCUT2D eigenvalue weighted by atomic mass is 10.4. The molecule has 0 aliphatic rings. The molecule has 5 nitrogen and oxygen atoms in total. The van der Waals surface area contributed by atoms with Crippen molar-refractivity contribution in [1.82, 2.24) is 14.8 Å². The van der Waals surface area contributed by atoms with Gasteiger partial charge in [-0.3, -0.25) is 0 Å². The Labute approximate surface area is 88.0 Å². The maximum absolute atomic E-state index is 5.56. The largest absolute Gasteiger partial charge is 0.374 e. The Morgan fingerprint density at radius 1 is 1.50 bits per heavy atom. The molecule has 2 N–H and O–H groups in total. The second kappa shape index (κ2) is 6.00. The lowest BCUT2D eigenvalue weighted by Crippen LogP contribution is -2.09. The zero-order chi connectivity index (χ0) is 10.4. The first-order valence-electron chi connectivity index (χ1n) is 4.57. The van der Waals surface area contributed by atoms with Gasteiger partial charge in [-0.15, -0.1) is 10.2 Å². The number of nitrogens with zero attached hydrogens (tertiary/aromatic N) is 3. The number of hydrogen-bond acceptors (Lipinski definition) is 5. The van der Waals surface area contributed by atoms with E-state index in [1.54, 1.807) is 7.11 Å². The highest BCUT2D eigenvalue weighted by Crippen LogP contribution is 2.16. The Hall–Kier alpha value is -0.590. The predicted molar refractivity (Wildman–Crippen MR) is 55.9 cm³/mol. The van der Waals surface area contributed by atoms with Crippen LogP contribution in [0.3, 0.4) is 0 Å². The van der Waals surface area contributed by atoms with Gasteiger partial charge in [-0.2, -0.15) is 0 Å². The number of rotatable bonds is 6. The van der Waals surface area contributed by atoms with Crippen LogP contribution in [-0.2, 0) is 17.8 Å². The molecule has 80 valence electrons. The normalized spacial score (nSPS) is 10.8. The molecule has 0 fully saturated rings. The number of thioether (sulfide) groups is 1. The van der Waals surface area contributed by atoms with E-state index in [1.807, 2.05) is 4.57 Å². The molecule has 0 amide bonds. The molecule has 0 saturated heterocycles. The lowest BCUT2D eigenvalue weighted by Gasteiger charge is -2.06. The van der Waals surface area contributed by atoms with Crippen LogP contribution in [0, 0.1) is 0 Å². The fourth-order valence-electron chi connectivity index (χ4n) is 1.14. The van der Waals surface area contributed by atoms with Crippen molar-refractivity contribution in [1.29, 1.82) is 0 Å². The molecule has 0 unspecified atom stereocenters. The first-order chi connectivity index (χ1) is 6.83. The number of methoxy groups -OCH3 is 1. The van der Waals surface area contributed by atoms with E-state index in [1.165, 1.54) is 11.8 Å². The third-order valence-corrected chi connectivity index (χ3v) is 2.64. The minimum Gasteiger partial charge on any atom is -0.374 e. The zero-order valence-corrected chi connectivity index (χ0v) is 9.38. The van der Waals surface area contributed by atoms with Gasteiger partial charge in [0.25, 0.3) is 0 Å². The Kier molecular flexibility index (Phi) is 4.92. The monoisotopic (exact) mass is 216 g/mol. The molecule has 1 aromatic heterocycles. The summed E-state index contributed by atoms with van der Waals surface area (Å²) in [7, 11) is 1.66. The van der Waals surface area contributed by atoms with Gasteiger partial charge in [0.15, 0.2) is 5.16 Å². The third kappa shape index (κ3) is 2.70. The van der Waals surface area contributed by atoms with Crippen LogP contribution in [0.5, 0.6) is 0 Å². The highest BCUT2D eigenvalue weighted by atomic mass is 32.2. The smallest absolute Gasteiger partial charge is 0.193 e. The van der Waals surface area contributed by atoms with Gasteiger partial charge < -0.3 is 15.0 Å². The van der Waals surface area contributed by atoms with Crippen molar-refractivity contribution in [2.45, 2.75) is 31.6 Å². The average molecular weight is 216 g/mol. The molecule has 0 saturated carbocycles. The van der Waals surface area contributed by atoms with Gasteiger partial charge in [-0.25, -0.2) is 0 Å². The van der Waals surface area contributed by atoms with Gasteiger partial charge >= 0.3 is 0 Å². The topological polar surface area (TPSA) is 66.0 Å². The van der Waals surface area contributed by atoms with Gasteiger partial charge in [0, 0.05) is 13.7 Å². The van der Waals surface area contributed by atoms with Crippen molar-refractivity contribution in [2.24, 2.45) is 5.73 Å². The molecule has 0 spiro atoms. The zero-order valence-electron chi connectivity index (χ0n) is 8.56. The SMILES string of the molecule is CCCn1c(CN)nnc1SCOC. The minimum atomic E-state index is 0.431. The molecule has 1 aromatic rings. The van der Waals surface area contributed by atoms with Crippen LogP contribution < -0.4 is 5.73 Å². The van der Waals surface area contributed by atoms with E-state index in [-0.39, 0.29) is 0 Å². The molecular formula is C8H16N4OS. The predicted octanol–water partition coefficient (Wildman–Crippen LogP) is 0.843. The van der Waals surface area contributed by atoms with E-state index in [0.29, 0.717) is 12.5 Å². The fraction of sp³-hybridized carbons (Fsp3) is 0.750. The first-order valence-corrected chi connectivity index (χ1v) is 5.55. The molecule has 0 aliphatic heterocycles. The summed E-state index contributed by atoms with van der Waals surface area (Å²) in [6.45, 7) is 3.46. The summed E-state index contributed by atoms with van der Waals surface area (Å²) < 4.78 is 7.02. The van der Waals surface area contributed by atoms with Crippen LogP contribution in [0.25, 0.3) is 0 Å². The van der Waals surface area contributed by atoms with Gasteiger partial charge in [0.2, 0.25) is 0 Å². The molecule has 0 aliphatic carbocycles. The Morgan fingerprint density at radius 3 is 2.86 bits per heavy atom. The standard InChI is InChI=1S/C8H16N4OS/c1-3-4-12-7(5-9)10-11-8(12)14-6-13-2/h3-6,9H2,1-2H3. The summed E-state index contributed by atoms with van der Waals surface area (Å²) in [6, 6.07) is 0. The second-order valence-electron chi connectivity index (χ2n) is 2.81. The van der Waals surface area contributed by atoms with E-state index in [9.17, 15) is 0 Å². The van der Waals surface area contributed by atoms with Crippen molar-refractivity contribution >= 4 is 11.8 Å². The summed E-state index contributed by atoms with van der Waals surface area (Å²) in [5, 5.41) is 8.96. The molecule has 0 radical (unpaired) electrons. The van der Waals surface area contributed by atoms with E-state index < -0.39 is 0 Å². The van der Waals surface area contributed by atoms with Gasteiger partial charge in [-0.1, -0.05) is 18.7 Å². The van der Waals surface area contributed by atoms with E-state index in [0.717, 1.165) is 23.9 Å². The van der Waals surface area contributed by atoms with Crippen LogP contribution >= 0.6 is 11.8 Å². The molecule has 1 rings (SSSR count). The Morgan fingerprint density at radius 2 is 2.29 bits per heavy atom.